The predicted octanol–water partition coefficient (Wildman–Crippen LogP) is 4.57. The maximum atomic E-state index is 13.7. The molecule has 0 aliphatic rings. The van der Waals surface area contributed by atoms with Crippen molar-refractivity contribution >= 4 is 29.0 Å². The van der Waals surface area contributed by atoms with E-state index in [1.807, 2.05) is 0 Å². The minimum absolute atomic E-state index is 0.141. The Bertz CT molecular complexity index is 636. The maximum Gasteiger partial charge on any atom is 0.168 e. The summed E-state index contributed by atoms with van der Waals surface area (Å²) in [5.41, 5.74) is 0.484. The van der Waals surface area contributed by atoms with Crippen molar-refractivity contribution in [2.24, 2.45) is 0 Å². The molecule has 0 amide bonds. The SMILES string of the molecule is COc1ccc(C(=O)Cc2c(F)cccc2Cl)c(Cl)c1. The number of carbonyl (C=O) groups excluding carboxylic acids is 1. The number of carbonyl (C=O) groups is 1. The Balaban J connectivity index is 2.29. The third-order valence-electron chi connectivity index (χ3n) is 2.88. The minimum atomic E-state index is -0.504. The van der Waals surface area contributed by atoms with Gasteiger partial charge in [0.25, 0.3) is 0 Å². The molecule has 0 fully saturated rings. The molecule has 2 aromatic carbocycles. The lowest BCUT2D eigenvalue weighted by Gasteiger charge is -2.08. The molecule has 2 rings (SSSR count). The van der Waals surface area contributed by atoms with Crippen molar-refractivity contribution in [3.8, 4) is 5.75 Å². The fourth-order valence-corrected chi connectivity index (χ4v) is 2.31. The zero-order valence-corrected chi connectivity index (χ0v) is 12.1. The van der Waals surface area contributed by atoms with Gasteiger partial charge in [0.15, 0.2) is 5.78 Å². The van der Waals surface area contributed by atoms with Crippen LogP contribution in [0.4, 0.5) is 4.39 Å². The topological polar surface area (TPSA) is 26.3 Å². The Morgan fingerprint density at radius 2 is 1.95 bits per heavy atom. The average molecular weight is 313 g/mol. The van der Waals surface area contributed by atoms with Gasteiger partial charge < -0.3 is 4.74 Å². The molecular weight excluding hydrogens is 302 g/mol. The molecule has 0 spiro atoms. The molecule has 0 radical (unpaired) electrons. The maximum absolute atomic E-state index is 13.7. The summed E-state index contributed by atoms with van der Waals surface area (Å²) in [5, 5.41) is 0.491. The largest absolute Gasteiger partial charge is 0.497 e. The van der Waals surface area contributed by atoms with Crippen LogP contribution in [-0.2, 0) is 6.42 Å². The average Bonchev–Trinajstić information content (AvgIpc) is 2.42. The van der Waals surface area contributed by atoms with Gasteiger partial charge in [0, 0.05) is 22.6 Å². The number of halogens is 3. The van der Waals surface area contributed by atoms with Crippen LogP contribution in [-0.4, -0.2) is 12.9 Å². The normalized spacial score (nSPS) is 10.4. The summed E-state index contributed by atoms with van der Waals surface area (Å²) < 4.78 is 18.7. The third kappa shape index (κ3) is 3.11. The van der Waals surface area contributed by atoms with E-state index in [9.17, 15) is 9.18 Å². The summed E-state index contributed by atoms with van der Waals surface area (Å²) in [7, 11) is 1.51. The van der Waals surface area contributed by atoms with E-state index in [1.165, 1.54) is 25.3 Å². The molecule has 0 N–H and O–H groups in total. The van der Waals surface area contributed by atoms with Crippen LogP contribution in [0.25, 0.3) is 0 Å². The van der Waals surface area contributed by atoms with Gasteiger partial charge in [-0.3, -0.25) is 4.79 Å². The predicted molar refractivity (Wildman–Crippen MR) is 77.4 cm³/mol. The van der Waals surface area contributed by atoms with Gasteiger partial charge in [0.2, 0.25) is 0 Å². The summed E-state index contributed by atoms with van der Waals surface area (Å²) in [6, 6.07) is 9.02. The number of hydrogen-bond donors (Lipinski definition) is 0. The molecule has 0 heterocycles. The highest BCUT2D eigenvalue weighted by Crippen LogP contribution is 2.26. The first-order valence-corrected chi connectivity index (χ1v) is 6.58. The molecule has 0 aromatic heterocycles. The summed E-state index contributed by atoms with van der Waals surface area (Å²) in [6.45, 7) is 0. The van der Waals surface area contributed by atoms with Crippen molar-refractivity contribution in [3.63, 3.8) is 0 Å². The van der Waals surface area contributed by atoms with E-state index >= 15 is 0 Å². The van der Waals surface area contributed by atoms with Crippen molar-refractivity contribution in [1.82, 2.24) is 0 Å². The fourth-order valence-electron chi connectivity index (χ4n) is 1.81. The lowest BCUT2D eigenvalue weighted by molar-refractivity contribution is 0.0992. The molecule has 0 bridgehead atoms. The first kappa shape index (κ1) is 14.8. The van der Waals surface area contributed by atoms with E-state index in [0.717, 1.165) is 0 Å². The van der Waals surface area contributed by atoms with Gasteiger partial charge in [0.1, 0.15) is 11.6 Å². The molecule has 2 nitrogen and oxygen atoms in total. The van der Waals surface area contributed by atoms with Gasteiger partial charge in [-0.2, -0.15) is 0 Å². The van der Waals surface area contributed by atoms with Crippen molar-refractivity contribution in [1.29, 1.82) is 0 Å². The van der Waals surface area contributed by atoms with Crippen LogP contribution >= 0.6 is 23.2 Å². The summed E-state index contributed by atoms with van der Waals surface area (Å²) in [4.78, 5) is 12.2. The lowest BCUT2D eigenvalue weighted by atomic mass is 10.0. The van der Waals surface area contributed by atoms with Crippen LogP contribution in [0.1, 0.15) is 15.9 Å². The van der Waals surface area contributed by atoms with Crippen LogP contribution in [0.15, 0.2) is 36.4 Å². The first-order chi connectivity index (χ1) is 9.52. The Morgan fingerprint density at radius 1 is 1.20 bits per heavy atom. The van der Waals surface area contributed by atoms with Crippen LogP contribution in [0.2, 0.25) is 10.0 Å². The zero-order chi connectivity index (χ0) is 14.7. The molecule has 0 aliphatic heterocycles. The van der Waals surface area contributed by atoms with Gasteiger partial charge in [-0.05, 0) is 30.3 Å². The molecular formula is C15H11Cl2FO2. The number of hydrogen-bond acceptors (Lipinski definition) is 2. The summed E-state index contributed by atoms with van der Waals surface area (Å²) in [5.74, 6) is -0.254. The van der Waals surface area contributed by atoms with E-state index in [4.69, 9.17) is 27.9 Å². The number of ketones is 1. The molecule has 0 saturated heterocycles. The quantitative estimate of drug-likeness (QED) is 0.773. The van der Waals surface area contributed by atoms with Gasteiger partial charge in [0.05, 0.1) is 12.1 Å². The molecule has 0 saturated carbocycles. The highest BCUT2D eigenvalue weighted by atomic mass is 35.5. The molecule has 20 heavy (non-hydrogen) atoms. The highest BCUT2D eigenvalue weighted by Gasteiger charge is 2.16. The van der Waals surface area contributed by atoms with Gasteiger partial charge in [-0.1, -0.05) is 29.3 Å². The molecule has 104 valence electrons. The third-order valence-corrected chi connectivity index (χ3v) is 3.54. The van der Waals surface area contributed by atoms with Gasteiger partial charge in [-0.25, -0.2) is 4.39 Å². The molecule has 0 unspecified atom stereocenters. The standard InChI is InChI=1S/C15H11Cl2FO2/c1-20-9-5-6-10(13(17)7-9)15(19)8-11-12(16)3-2-4-14(11)18/h2-7H,8H2,1H3. The van der Waals surface area contributed by atoms with Crippen LogP contribution in [0.3, 0.4) is 0 Å². The van der Waals surface area contributed by atoms with Gasteiger partial charge in [-0.15, -0.1) is 0 Å². The van der Waals surface area contributed by atoms with Crippen molar-refractivity contribution < 1.29 is 13.9 Å². The summed E-state index contributed by atoms with van der Waals surface area (Å²) in [6.07, 6.45) is -0.141. The second-order valence-electron chi connectivity index (χ2n) is 4.15. The smallest absolute Gasteiger partial charge is 0.168 e. The number of ether oxygens (including phenoxy) is 1. The number of Topliss-reactive ketones (excluding diaryl/α,β-unsaturated/α-hetero) is 1. The first-order valence-electron chi connectivity index (χ1n) is 5.82. The van der Waals surface area contributed by atoms with E-state index in [0.29, 0.717) is 11.3 Å². The van der Waals surface area contributed by atoms with Crippen molar-refractivity contribution in [3.05, 3.63) is 63.4 Å². The zero-order valence-electron chi connectivity index (χ0n) is 10.6. The van der Waals surface area contributed by atoms with E-state index < -0.39 is 5.82 Å². The van der Waals surface area contributed by atoms with Crippen molar-refractivity contribution in [2.75, 3.05) is 7.11 Å². The second kappa shape index (κ2) is 6.25. The lowest BCUT2D eigenvalue weighted by Crippen LogP contribution is -2.06. The van der Waals surface area contributed by atoms with E-state index in [2.05, 4.69) is 0 Å². The number of benzene rings is 2. The molecule has 0 atom stereocenters. The monoisotopic (exact) mass is 312 g/mol. The highest BCUT2D eigenvalue weighted by molar-refractivity contribution is 6.34. The van der Waals surface area contributed by atoms with Crippen LogP contribution < -0.4 is 4.74 Å². The fraction of sp³-hybridized carbons (Fsp3) is 0.133. The Labute approximate surface area is 126 Å². The Morgan fingerprint density at radius 3 is 2.55 bits per heavy atom. The Hall–Kier alpha value is -1.58. The van der Waals surface area contributed by atoms with Crippen molar-refractivity contribution in [2.45, 2.75) is 6.42 Å². The van der Waals surface area contributed by atoms with Gasteiger partial charge >= 0.3 is 0 Å². The molecule has 2 aromatic rings. The van der Waals surface area contributed by atoms with Crippen LogP contribution in [0.5, 0.6) is 5.75 Å². The molecule has 5 heteroatoms. The number of rotatable bonds is 4. The second-order valence-corrected chi connectivity index (χ2v) is 4.96. The van der Waals surface area contributed by atoms with E-state index in [1.54, 1.807) is 18.2 Å². The molecule has 0 aliphatic carbocycles. The number of methoxy groups -OCH3 is 1. The summed E-state index contributed by atoms with van der Waals surface area (Å²) >= 11 is 11.9. The van der Waals surface area contributed by atoms with E-state index in [-0.39, 0.29) is 27.8 Å². The van der Waals surface area contributed by atoms with Crippen LogP contribution in [0, 0.1) is 5.82 Å². The minimum Gasteiger partial charge on any atom is -0.497 e. The Kier molecular flexibility index (Phi) is 4.63.